The topological polar surface area (TPSA) is 68.2 Å². The molecule has 2 N–H and O–H groups in total. The number of nitrogens with two attached hydrogens (primary N) is 1. The van der Waals surface area contributed by atoms with Gasteiger partial charge in [0, 0.05) is 28.7 Å². The van der Waals surface area contributed by atoms with Crippen LogP contribution in [0, 0.1) is 5.92 Å². The quantitative estimate of drug-likeness (QED) is 0.934. The van der Waals surface area contributed by atoms with Crippen molar-refractivity contribution in [2.24, 2.45) is 11.7 Å². The Labute approximate surface area is 133 Å². The number of hydrogen-bond donors (Lipinski definition) is 1. The molecule has 21 heavy (non-hydrogen) atoms. The highest BCUT2D eigenvalue weighted by atomic mass is 35.5. The third kappa shape index (κ3) is 3.31. The van der Waals surface area contributed by atoms with Crippen LogP contribution in [0.2, 0.25) is 10.0 Å². The van der Waals surface area contributed by atoms with Crippen molar-refractivity contribution >= 4 is 29.2 Å². The average Bonchev–Trinajstić information content (AvgIpc) is 3.06. The van der Waals surface area contributed by atoms with E-state index in [-0.39, 0.29) is 0 Å². The zero-order valence-electron chi connectivity index (χ0n) is 11.4. The molecule has 1 aromatic heterocycles. The van der Waals surface area contributed by atoms with Gasteiger partial charge in [0.15, 0.2) is 0 Å². The minimum absolute atomic E-state index is 0.497. The fraction of sp³-hybridized carbons (Fsp3) is 0.429. The molecule has 2 aromatic rings. The molecule has 1 aromatic carbocycles. The summed E-state index contributed by atoms with van der Waals surface area (Å²) >= 11 is 12.0. The van der Waals surface area contributed by atoms with Crippen LogP contribution in [-0.2, 0) is 0 Å². The van der Waals surface area contributed by atoms with Gasteiger partial charge >= 0.3 is 6.01 Å². The fourth-order valence-electron chi connectivity index (χ4n) is 2.62. The van der Waals surface area contributed by atoms with Crippen LogP contribution in [0.1, 0.15) is 12.8 Å². The van der Waals surface area contributed by atoms with Gasteiger partial charge in [-0.2, -0.15) is 4.98 Å². The van der Waals surface area contributed by atoms with Crippen LogP contribution < -0.4 is 10.6 Å². The molecule has 2 heterocycles. The lowest BCUT2D eigenvalue weighted by atomic mass is 10.1. The van der Waals surface area contributed by atoms with Gasteiger partial charge in [0.2, 0.25) is 5.82 Å². The Kier molecular flexibility index (Phi) is 4.33. The van der Waals surface area contributed by atoms with Crippen LogP contribution in [-0.4, -0.2) is 29.8 Å². The summed E-state index contributed by atoms with van der Waals surface area (Å²) in [6, 6.07) is 5.75. The molecule has 7 heteroatoms. The molecule has 0 radical (unpaired) electrons. The van der Waals surface area contributed by atoms with Crippen LogP contribution in [0.3, 0.4) is 0 Å². The molecule has 0 spiro atoms. The third-order valence-corrected chi connectivity index (χ3v) is 4.10. The third-order valence-electron chi connectivity index (χ3n) is 3.67. The smallest absolute Gasteiger partial charge is 0.324 e. The van der Waals surface area contributed by atoms with Crippen LogP contribution in [0.4, 0.5) is 6.01 Å². The molecule has 112 valence electrons. The molecule has 3 rings (SSSR count). The van der Waals surface area contributed by atoms with Gasteiger partial charge in [0.1, 0.15) is 0 Å². The van der Waals surface area contributed by atoms with Gasteiger partial charge in [0.25, 0.3) is 0 Å². The molecule has 1 saturated heterocycles. The van der Waals surface area contributed by atoms with Crippen molar-refractivity contribution in [3.8, 4) is 11.4 Å². The summed E-state index contributed by atoms with van der Waals surface area (Å²) in [6.07, 6.45) is 2.14. The minimum atomic E-state index is 0.497. The molecule has 1 atom stereocenters. The maximum absolute atomic E-state index is 5.99. The number of anilines is 1. The van der Waals surface area contributed by atoms with E-state index < -0.39 is 0 Å². The normalized spacial score (nSPS) is 18.4. The molecule has 1 unspecified atom stereocenters. The second kappa shape index (κ2) is 6.22. The predicted octanol–water partition coefficient (Wildman–Crippen LogP) is 3.22. The predicted molar refractivity (Wildman–Crippen MR) is 83.7 cm³/mol. The Balaban J connectivity index is 1.77. The largest absolute Gasteiger partial charge is 0.330 e. The van der Waals surface area contributed by atoms with E-state index >= 15 is 0 Å². The van der Waals surface area contributed by atoms with Crippen molar-refractivity contribution in [3.05, 3.63) is 28.2 Å². The number of rotatable bonds is 4. The van der Waals surface area contributed by atoms with Crippen molar-refractivity contribution in [1.29, 1.82) is 0 Å². The molecule has 5 nitrogen and oxygen atoms in total. The summed E-state index contributed by atoms with van der Waals surface area (Å²) in [5, 5.41) is 5.11. The van der Waals surface area contributed by atoms with Gasteiger partial charge in [-0.3, -0.25) is 0 Å². The van der Waals surface area contributed by atoms with Gasteiger partial charge in [-0.1, -0.05) is 28.4 Å². The summed E-state index contributed by atoms with van der Waals surface area (Å²) in [5.74, 6) is 1.10. The average molecular weight is 327 g/mol. The Bertz CT molecular complexity index is 611. The highest BCUT2D eigenvalue weighted by molar-refractivity contribution is 6.35. The van der Waals surface area contributed by atoms with Crippen LogP contribution in [0.25, 0.3) is 11.4 Å². The first-order valence-corrected chi connectivity index (χ1v) is 7.66. The van der Waals surface area contributed by atoms with Gasteiger partial charge in [-0.05, 0) is 43.5 Å². The van der Waals surface area contributed by atoms with Crippen molar-refractivity contribution in [3.63, 3.8) is 0 Å². The summed E-state index contributed by atoms with van der Waals surface area (Å²) in [6.45, 7) is 2.55. The van der Waals surface area contributed by atoms with Crippen molar-refractivity contribution in [2.75, 3.05) is 24.5 Å². The number of benzene rings is 1. The molecule has 0 aliphatic carbocycles. The molecular weight excluding hydrogens is 311 g/mol. The second-order valence-electron chi connectivity index (χ2n) is 5.24. The minimum Gasteiger partial charge on any atom is -0.330 e. The maximum Gasteiger partial charge on any atom is 0.324 e. The Hall–Kier alpha value is -1.30. The van der Waals surface area contributed by atoms with Gasteiger partial charge in [-0.25, -0.2) is 0 Å². The van der Waals surface area contributed by atoms with E-state index in [1.54, 1.807) is 18.2 Å². The lowest BCUT2D eigenvalue weighted by molar-refractivity contribution is 0.417. The first kappa shape index (κ1) is 14.6. The fourth-order valence-corrected chi connectivity index (χ4v) is 3.15. The second-order valence-corrected chi connectivity index (χ2v) is 6.11. The van der Waals surface area contributed by atoms with Crippen molar-refractivity contribution in [1.82, 2.24) is 10.1 Å². The van der Waals surface area contributed by atoms with Crippen LogP contribution in [0.15, 0.2) is 22.7 Å². The SMILES string of the molecule is NCCC1CCN(c2nc(-c3cc(Cl)cc(Cl)c3)no2)C1. The lowest BCUT2D eigenvalue weighted by Crippen LogP contribution is -2.20. The highest BCUT2D eigenvalue weighted by Crippen LogP contribution is 2.29. The van der Waals surface area contributed by atoms with Gasteiger partial charge in [-0.15, -0.1) is 0 Å². The van der Waals surface area contributed by atoms with E-state index in [2.05, 4.69) is 15.0 Å². The van der Waals surface area contributed by atoms with E-state index in [4.69, 9.17) is 33.5 Å². The number of aromatic nitrogens is 2. The lowest BCUT2D eigenvalue weighted by Gasteiger charge is -2.11. The molecule has 0 saturated carbocycles. The van der Waals surface area contributed by atoms with Crippen molar-refractivity contribution in [2.45, 2.75) is 12.8 Å². The van der Waals surface area contributed by atoms with Crippen LogP contribution in [0.5, 0.6) is 0 Å². The molecule has 1 fully saturated rings. The van der Waals surface area contributed by atoms with Gasteiger partial charge in [0.05, 0.1) is 0 Å². The van der Waals surface area contributed by atoms with Gasteiger partial charge < -0.3 is 15.2 Å². The van der Waals surface area contributed by atoms with Crippen molar-refractivity contribution < 1.29 is 4.52 Å². The Morgan fingerprint density at radius 2 is 2.05 bits per heavy atom. The highest BCUT2D eigenvalue weighted by Gasteiger charge is 2.26. The zero-order valence-corrected chi connectivity index (χ0v) is 12.9. The van der Waals surface area contributed by atoms with E-state index in [9.17, 15) is 0 Å². The van der Waals surface area contributed by atoms with E-state index in [1.807, 2.05) is 0 Å². The summed E-state index contributed by atoms with van der Waals surface area (Å²) in [5.41, 5.74) is 6.36. The molecule has 1 aliphatic heterocycles. The van der Waals surface area contributed by atoms with E-state index in [0.29, 0.717) is 34.3 Å². The monoisotopic (exact) mass is 326 g/mol. The summed E-state index contributed by atoms with van der Waals surface area (Å²) in [4.78, 5) is 6.54. The summed E-state index contributed by atoms with van der Waals surface area (Å²) in [7, 11) is 0. The standard InChI is InChI=1S/C14H16Cl2N4O/c15-11-5-10(6-12(16)7-11)13-18-14(21-19-13)20-4-2-9(8-20)1-3-17/h5-7,9H,1-4,8,17H2. The number of halogens is 2. The Morgan fingerprint density at radius 1 is 1.29 bits per heavy atom. The van der Waals surface area contributed by atoms with Crippen LogP contribution >= 0.6 is 23.2 Å². The number of hydrogen-bond acceptors (Lipinski definition) is 5. The summed E-state index contributed by atoms with van der Waals surface area (Å²) < 4.78 is 5.36. The molecule has 0 amide bonds. The Morgan fingerprint density at radius 3 is 2.76 bits per heavy atom. The zero-order chi connectivity index (χ0) is 14.8. The van der Waals surface area contributed by atoms with E-state index in [0.717, 1.165) is 31.5 Å². The first-order valence-electron chi connectivity index (χ1n) is 6.91. The molecule has 0 bridgehead atoms. The molecule has 1 aliphatic rings. The number of nitrogens with zero attached hydrogens (tertiary/aromatic N) is 3. The first-order chi connectivity index (χ1) is 10.2. The maximum atomic E-state index is 5.99. The van der Waals surface area contributed by atoms with E-state index in [1.165, 1.54) is 0 Å². The molecular formula is C14H16Cl2N4O.